The normalized spacial score (nSPS) is 11.5. The van der Waals surface area contributed by atoms with Crippen molar-refractivity contribution in [1.82, 2.24) is 10.3 Å². The Morgan fingerprint density at radius 3 is 2.89 bits per heavy atom. The lowest BCUT2D eigenvalue weighted by molar-refractivity contribution is -0.120. The molecule has 0 aliphatic heterocycles. The first-order valence-electron chi connectivity index (χ1n) is 5.83. The fourth-order valence-corrected chi connectivity index (χ4v) is 2.44. The SMILES string of the molecule is CC(C)(C)NC(=O)CNc1nccc2sccc12. The molecule has 0 radical (unpaired) electrons. The van der Waals surface area contributed by atoms with E-state index in [1.807, 2.05) is 38.3 Å². The molecule has 0 aliphatic rings. The Kier molecular flexibility index (Phi) is 3.52. The van der Waals surface area contributed by atoms with Gasteiger partial charge in [0, 0.05) is 21.8 Å². The summed E-state index contributed by atoms with van der Waals surface area (Å²) in [5, 5.41) is 9.07. The topological polar surface area (TPSA) is 54.0 Å². The molecule has 0 spiro atoms. The third-order valence-electron chi connectivity index (χ3n) is 2.31. The lowest BCUT2D eigenvalue weighted by atomic mass is 10.1. The molecule has 0 aromatic carbocycles. The number of carbonyl (C=O) groups excluding carboxylic acids is 1. The summed E-state index contributed by atoms with van der Waals surface area (Å²) in [5.41, 5.74) is -0.208. The van der Waals surface area contributed by atoms with Crippen LogP contribution in [0.25, 0.3) is 10.1 Å². The van der Waals surface area contributed by atoms with Crippen LogP contribution in [0.4, 0.5) is 5.82 Å². The number of aromatic nitrogens is 1. The maximum absolute atomic E-state index is 11.7. The molecule has 0 aliphatic carbocycles. The Bertz CT molecular complexity index is 557. The van der Waals surface area contributed by atoms with Crippen molar-refractivity contribution in [3.8, 4) is 0 Å². The fraction of sp³-hybridized carbons (Fsp3) is 0.385. The molecule has 5 heteroatoms. The Hall–Kier alpha value is -1.62. The molecule has 2 heterocycles. The van der Waals surface area contributed by atoms with Crippen molar-refractivity contribution in [2.45, 2.75) is 26.3 Å². The highest BCUT2D eigenvalue weighted by Gasteiger charge is 2.13. The van der Waals surface area contributed by atoms with Gasteiger partial charge >= 0.3 is 0 Å². The van der Waals surface area contributed by atoms with Crippen LogP contribution in [0.3, 0.4) is 0 Å². The van der Waals surface area contributed by atoms with Crippen LogP contribution in [-0.2, 0) is 4.79 Å². The van der Waals surface area contributed by atoms with E-state index in [1.165, 1.54) is 4.70 Å². The number of anilines is 1. The molecule has 4 nitrogen and oxygen atoms in total. The van der Waals surface area contributed by atoms with Crippen molar-refractivity contribution in [3.63, 3.8) is 0 Å². The third-order valence-corrected chi connectivity index (χ3v) is 3.19. The summed E-state index contributed by atoms with van der Waals surface area (Å²) in [5.74, 6) is 0.731. The predicted molar refractivity (Wildman–Crippen MR) is 76.0 cm³/mol. The molecule has 2 rings (SSSR count). The minimum atomic E-state index is -0.208. The molecule has 0 atom stereocenters. The van der Waals surface area contributed by atoms with Crippen LogP contribution in [0, 0.1) is 0 Å². The monoisotopic (exact) mass is 263 g/mol. The van der Waals surface area contributed by atoms with E-state index in [2.05, 4.69) is 15.6 Å². The van der Waals surface area contributed by atoms with Gasteiger partial charge in [-0.3, -0.25) is 4.79 Å². The molecule has 96 valence electrons. The second kappa shape index (κ2) is 4.94. The van der Waals surface area contributed by atoms with Crippen LogP contribution >= 0.6 is 11.3 Å². The van der Waals surface area contributed by atoms with Crippen molar-refractivity contribution in [2.75, 3.05) is 11.9 Å². The zero-order chi connectivity index (χ0) is 13.2. The lowest BCUT2D eigenvalue weighted by Crippen LogP contribution is -2.43. The van der Waals surface area contributed by atoms with E-state index in [0.717, 1.165) is 11.2 Å². The summed E-state index contributed by atoms with van der Waals surface area (Å²) in [6, 6.07) is 3.98. The number of hydrogen-bond acceptors (Lipinski definition) is 4. The standard InChI is InChI=1S/C13H17N3OS/c1-13(2,3)16-11(17)8-15-12-9-5-7-18-10(9)4-6-14-12/h4-7H,8H2,1-3H3,(H,14,15)(H,16,17). The van der Waals surface area contributed by atoms with Gasteiger partial charge in [-0.2, -0.15) is 0 Å². The van der Waals surface area contributed by atoms with Crippen LogP contribution in [0.1, 0.15) is 20.8 Å². The van der Waals surface area contributed by atoms with E-state index in [4.69, 9.17) is 0 Å². The third kappa shape index (κ3) is 3.20. The fourth-order valence-electron chi connectivity index (χ4n) is 1.66. The van der Waals surface area contributed by atoms with Crippen molar-refractivity contribution in [3.05, 3.63) is 23.7 Å². The number of nitrogens with one attached hydrogen (secondary N) is 2. The van der Waals surface area contributed by atoms with Gasteiger partial charge in [-0.15, -0.1) is 11.3 Å². The van der Waals surface area contributed by atoms with Gasteiger partial charge in [0.05, 0.1) is 6.54 Å². The van der Waals surface area contributed by atoms with Crippen LogP contribution in [0.15, 0.2) is 23.7 Å². The number of hydrogen-bond donors (Lipinski definition) is 2. The summed E-state index contributed by atoms with van der Waals surface area (Å²) in [6.45, 7) is 6.12. The largest absolute Gasteiger partial charge is 0.360 e. The first-order chi connectivity index (χ1) is 8.46. The average Bonchev–Trinajstić information content (AvgIpc) is 2.72. The van der Waals surface area contributed by atoms with Gasteiger partial charge in [0.15, 0.2) is 0 Å². The van der Waals surface area contributed by atoms with Gasteiger partial charge in [0.2, 0.25) is 5.91 Å². The van der Waals surface area contributed by atoms with Crippen molar-refractivity contribution in [1.29, 1.82) is 0 Å². The molecule has 0 saturated carbocycles. The van der Waals surface area contributed by atoms with Crippen molar-refractivity contribution < 1.29 is 4.79 Å². The van der Waals surface area contributed by atoms with Gasteiger partial charge in [-0.25, -0.2) is 4.98 Å². The number of rotatable bonds is 3. The summed E-state index contributed by atoms with van der Waals surface area (Å²) >= 11 is 1.67. The first-order valence-corrected chi connectivity index (χ1v) is 6.71. The Balaban J connectivity index is 2.02. The predicted octanol–water partition coefficient (Wildman–Crippen LogP) is 2.62. The van der Waals surface area contributed by atoms with Gasteiger partial charge in [0.1, 0.15) is 5.82 Å². The minimum absolute atomic E-state index is 0.0310. The maximum Gasteiger partial charge on any atom is 0.239 e. The summed E-state index contributed by atoms with van der Waals surface area (Å²) in [4.78, 5) is 16.0. The highest BCUT2D eigenvalue weighted by Crippen LogP contribution is 2.25. The molecule has 18 heavy (non-hydrogen) atoms. The molecule has 0 saturated heterocycles. The molecular formula is C13H17N3OS. The number of fused-ring (bicyclic) bond motifs is 1. The Morgan fingerprint density at radius 1 is 1.39 bits per heavy atom. The van der Waals surface area contributed by atoms with E-state index in [9.17, 15) is 4.79 Å². The molecule has 2 aromatic heterocycles. The average molecular weight is 263 g/mol. The quantitative estimate of drug-likeness (QED) is 0.895. The second-order valence-electron chi connectivity index (χ2n) is 5.14. The van der Waals surface area contributed by atoms with Gasteiger partial charge in [0.25, 0.3) is 0 Å². The van der Waals surface area contributed by atoms with Gasteiger partial charge in [-0.1, -0.05) is 0 Å². The van der Waals surface area contributed by atoms with Gasteiger partial charge in [-0.05, 0) is 38.3 Å². The molecule has 0 bridgehead atoms. The van der Waals surface area contributed by atoms with Crippen molar-refractivity contribution in [2.24, 2.45) is 0 Å². The number of thiophene rings is 1. The van der Waals surface area contributed by atoms with E-state index in [-0.39, 0.29) is 18.0 Å². The first kappa shape index (κ1) is 12.8. The number of pyridine rings is 1. The van der Waals surface area contributed by atoms with E-state index >= 15 is 0 Å². The van der Waals surface area contributed by atoms with Crippen LogP contribution in [0.2, 0.25) is 0 Å². The summed E-state index contributed by atoms with van der Waals surface area (Å²) < 4.78 is 1.17. The van der Waals surface area contributed by atoms with Crippen LogP contribution < -0.4 is 10.6 Å². The van der Waals surface area contributed by atoms with E-state index < -0.39 is 0 Å². The van der Waals surface area contributed by atoms with Crippen LogP contribution in [-0.4, -0.2) is 23.0 Å². The molecule has 2 aromatic rings. The Labute approximate surface area is 110 Å². The van der Waals surface area contributed by atoms with E-state index in [0.29, 0.717) is 0 Å². The molecule has 0 fully saturated rings. The molecule has 2 N–H and O–H groups in total. The summed E-state index contributed by atoms with van der Waals surface area (Å²) in [6.07, 6.45) is 1.75. The second-order valence-corrected chi connectivity index (χ2v) is 6.09. The molecular weight excluding hydrogens is 246 g/mol. The summed E-state index contributed by atoms with van der Waals surface area (Å²) in [7, 11) is 0. The van der Waals surface area contributed by atoms with Crippen LogP contribution in [0.5, 0.6) is 0 Å². The zero-order valence-corrected chi connectivity index (χ0v) is 11.6. The zero-order valence-electron chi connectivity index (χ0n) is 10.8. The maximum atomic E-state index is 11.7. The molecule has 0 unspecified atom stereocenters. The van der Waals surface area contributed by atoms with E-state index in [1.54, 1.807) is 17.5 Å². The number of nitrogens with zero attached hydrogens (tertiary/aromatic N) is 1. The molecule has 1 amide bonds. The Morgan fingerprint density at radius 2 is 2.17 bits per heavy atom. The van der Waals surface area contributed by atoms with Crippen molar-refractivity contribution >= 4 is 33.1 Å². The number of amides is 1. The highest BCUT2D eigenvalue weighted by atomic mass is 32.1. The highest BCUT2D eigenvalue weighted by molar-refractivity contribution is 7.17. The smallest absolute Gasteiger partial charge is 0.239 e. The minimum Gasteiger partial charge on any atom is -0.360 e. The van der Waals surface area contributed by atoms with Gasteiger partial charge < -0.3 is 10.6 Å². The number of carbonyl (C=O) groups is 1. The lowest BCUT2D eigenvalue weighted by Gasteiger charge is -2.20.